The Labute approximate surface area is 147 Å². The van der Waals surface area contributed by atoms with Crippen LogP contribution in [-0.4, -0.2) is 18.7 Å². The van der Waals surface area contributed by atoms with Crippen molar-refractivity contribution in [3.63, 3.8) is 0 Å². The van der Waals surface area contributed by atoms with Crippen LogP contribution in [0.25, 0.3) is 22.6 Å². The van der Waals surface area contributed by atoms with Crippen molar-refractivity contribution in [3.8, 4) is 0 Å². The number of nitrogens with zero attached hydrogens (tertiary/aromatic N) is 2. The molecular formula is C21H22BN2+. The molecule has 0 aliphatic carbocycles. The summed E-state index contributed by atoms with van der Waals surface area (Å²) in [6.45, 7) is -0.216. The van der Waals surface area contributed by atoms with Crippen molar-refractivity contribution in [2.24, 2.45) is 7.05 Å². The van der Waals surface area contributed by atoms with E-state index in [1.54, 1.807) is 0 Å². The summed E-state index contributed by atoms with van der Waals surface area (Å²) < 4.78 is 26.4. The molecule has 2 heterocycles. The number of hydrogen-bond acceptors (Lipinski definition) is 1. The lowest BCUT2D eigenvalue weighted by molar-refractivity contribution is -0.627. The van der Waals surface area contributed by atoms with E-state index in [-0.39, 0.29) is 6.85 Å². The lowest BCUT2D eigenvalue weighted by Crippen LogP contribution is -2.62. The third-order valence-electron chi connectivity index (χ3n) is 5.10. The van der Waals surface area contributed by atoms with Gasteiger partial charge in [-0.05, 0) is 49.0 Å². The molecule has 2 aromatic carbocycles. The molecule has 0 bridgehead atoms. The summed E-state index contributed by atoms with van der Waals surface area (Å²) in [5.41, 5.74) is 3.83. The molecule has 0 spiro atoms. The minimum atomic E-state index is -2.18. The Balaban J connectivity index is 1.98. The Bertz CT molecular complexity index is 1170. The molecule has 1 aliphatic heterocycles. The molecule has 2 nitrogen and oxygen atoms in total. The minimum absolute atomic E-state index is 0.148. The van der Waals surface area contributed by atoms with Gasteiger partial charge in [0, 0.05) is 21.3 Å². The average molecular weight is 316 g/mol. The SMILES string of the molecule is [2H]C([2H])([2H])C1=c2ccccc2=CB(c2ccc3c(C)cccc3[n+]2C)N1C. The lowest BCUT2D eigenvalue weighted by Gasteiger charge is -2.27. The van der Waals surface area contributed by atoms with Crippen LogP contribution in [0.4, 0.5) is 0 Å². The fourth-order valence-electron chi connectivity index (χ4n) is 3.64. The van der Waals surface area contributed by atoms with Crippen LogP contribution in [0, 0.1) is 6.92 Å². The highest BCUT2D eigenvalue weighted by molar-refractivity contribution is 6.82. The number of rotatable bonds is 1. The highest BCUT2D eigenvalue weighted by atomic mass is 15.1. The molecule has 0 atom stereocenters. The van der Waals surface area contributed by atoms with Crippen LogP contribution >= 0.6 is 0 Å². The molecule has 0 saturated carbocycles. The first-order valence-electron chi connectivity index (χ1n) is 9.72. The van der Waals surface area contributed by atoms with E-state index < -0.39 is 6.85 Å². The third kappa shape index (κ3) is 2.15. The quantitative estimate of drug-likeness (QED) is 0.484. The average Bonchev–Trinajstić information content (AvgIpc) is 2.61. The molecule has 118 valence electrons. The van der Waals surface area contributed by atoms with Gasteiger partial charge in [0.1, 0.15) is 7.05 Å². The van der Waals surface area contributed by atoms with Gasteiger partial charge in [-0.1, -0.05) is 42.4 Å². The summed E-state index contributed by atoms with van der Waals surface area (Å²) in [6.07, 6.45) is 0. The van der Waals surface area contributed by atoms with E-state index in [0.29, 0.717) is 5.70 Å². The number of fused-ring (bicyclic) bond motifs is 2. The van der Waals surface area contributed by atoms with Crippen LogP contribution in [0.15, 0.2) is 54.6 Å². The summed E-state index contributed by atoms with van der Waals surface area (Å²) in [7, 11) is 3.92. The fourth-order valence-corrected chi connectivity index (χ4v) is 3.64. The first kappa shape index (κ1) is 11.9. The number of benzene rings is 2. The summed E-state index contributed by atoms with van der Waals surface area (Å²) in [6, 6.07) is 18.3. The zero-order valence-electron chi connectivity index (χ0n) is 17.2. The van der Waals surface area contributed by atoms with Gasteiger partial charge >= 0.3 is 6.85 Å². The van der Waals surface area contributed by atoms with Gasteiger partial charge in [0.05, 0.1) is 0 Å². The van der Waals surface area contributed by atoms with E-state index in [2.05, 4.69) is 47.8 Å². The van der Waals surface area contributed by atoms with Crippen LogP contribution in [0.3, 0.4) is 0 Å². The van der Waals surface area contributed by atoms with Crippen molar-refractivity contribution in [2.45, 2.75) is 13.8 Å². The van der Waals surface area contributed by atoms with E-state index in [0.717, 1.165) is 21.5 Å². The van der Waals surface area contributed by atoms with Crippen LogP contribution in [0.2, 0.25) is 0 Å². The van der Waals surface area contributed by atoms with Gasteiger partial charge in [-0.15, -0.1) is 0 Å². The monoisotopic (exact) mass is 316 g/mol. The predicted octanol–water partition coefficient (Wildman–Crippen LogP) is 1.26. The normalized spacial score (nSPS) is 16.3. The maximum Gasteiger partial charge on any atom is 0.396 e. The molecule has 0 radical (unpaired) electrons. The smallest absolute Gasteiger partial charge is 0.396 e. The second-order valence-corrected chi connectivity index (χ2v) is 6.48. The summed E-state index contributed by atoms with van der Waals surface area (Å²) in [5.74, 6) is 2.15. The molecule has 1 aromatic heterocycles. The number of aryl methyl sites for hydroxylation is 2. The van der Waals surface area contributed by atoms with Gasteiger partial charge in [-0.25, -0.2) is 4.57 Å². The van der Waals surface area contributed by atoms with Crippen LogP contribution < -0.4 is 20.6 Å². The van der Waals surface area contributed by atoms with Crippen molar-refractivity contribution in [3.05, 3.63) is 70.6 Å². The fraction of sp³-hybridized carbons (Fsp3) is 0.190. The molecule has 0 unspecified atom stereocenters. The highest BCUT2D eigenvalue weighted by Crippen LogP contribution is 2.14. The molecule has 3 aromatic rings. The molecule has 1 aliphatic rings. The summed E-state index contributed by atoms with van der Waals surface area (Å²) in [4.78, 5) is 1.90. The highest BCUT2D eigenvalue weighted by Gasteiger charge is 2.31. The molecule has 0 N–H and O–H groups in total. The zero-order chi connectivity index (χ0) is 19.3. The zero-order valence-corrected chi connectivity index (χ0v) is 14.2. The van der Waals surface area contributed by atoms with E-state index >= 15 is 0 Å². The Morgan fingerprint density at radius 1 is 1.04 bits per heavy atom. The van der Waals surface area contributed by atoms with Gasteiger partial charge < -0.3 is 4.81 Å². The number of aromatic nitrogens is 1. The molecule has 4 rings (SSSR count). The topological polar surface area (TPSA) is 7.12 Å². The van der Waals surface area contributed by atoms with Crippen molar-refractivity contribution in [2.75, 3.05) is 7.05 Å². The van der Waals surface area contributed by atoms with Gasteiger partial charge in [0.15, 0.2) is 5.59 Å². The Hall–Kier alpha value is -2.55. The molecular weight excluding hydrogens is 291 g/mol. The van der Waals surface area contributed by atoms with Gasteiger partial charge in [-0.2, -0.15) is 0 Å². The molecule has 0 amide bonds. The maximum atomic E-state index is 8.09. The number of hydrogen-bond donors (Lipinski definition) is 0. The van der Waals surface area contributed by atoms with E-state index in [4.69, 9.17) is 4.11 Å². The van der Waals surface area contributed by atoms with Crippen molar-refractivity contribution >= 4 is 35.0 Å². The Morgan fingerprint density at radius 2 is 1.88 bits per heavy atom. The first-order chi connectivity index (χ1) is 12.8. The van der Waals surface area contributed by atoms with Crippen molar-refractivity contribution < 1.29 is 8.68 Å². The maximum absolute atomic E-state index is 8.09. The van der Waals surface area contributed by atoms with E-state index in [1.165, 1.54) is 10.9 Å². The molecule has 3 heteroatoms. The van der Waals surface area contributed by atoms with E-state index in [9.17, 15) is 0 Å². The van der Waals surface area contributed by atoms with E-state index in [1.807, 2.05) is 43.2 Å². The molecule has 0 fully saturated rings. The Morgan fingerprint density at radius 3 is 2.71 bits per heavy atom. The second kappa shape index (κ2) is 5.52. The molecule has 0 saturated heterocycles. The van der Waals surface area contributed by atoms with Gasteiger partial charge in [-0.3, -0.25) is 0 Å². The van der Waals surface area contributed by atoms with Gasteiger partial charge in [0.2, 0.25) is 5.52 Å². The first-order valence-corrected chi connectivity index (χ1v) is 8.22. The molecule has 24 heavy (non-hydrogen) atoms. The van der Waals surface area contributed by atoms with Crippen LogP contribution in [0.1, 0.15) is 16.5 Å². The minimum Gasteiger partial charge on any atom is -0.408 e. The second-order valence-electron chi connectivity index (χ2n) is 6.48. The summed E-state index contributed by atoms with van der Waals surface area (Å²) >= 11 is 0. The number of pyridine rings is 1. The predicted molar refractivity (Wildman–Crippen MR) is 102 cm³/mol. The standard InChI is InChI=1S/C21H22BN2/c1-15-8-7-11-20-18(15)12-13-21(23(20)3)22-14-17-9-5-6-10-19(17)16(2)24(22)4/h5-14H,1-4H3/q+1/i2D3. The lowest BCUT2D eigenvalue weighted by atomic mass is 9.55. The van der Waals surface area contributed by atoms with Crippen molar-refractivity contribution in [1.29, 1.82) is 0 Å². The van der Waals surface area contributed by atoms with Crippen molar-refractivity contribution in [1.82, 2.24) is 4.81 Å². The summed E-state index contributed by atoms with van der Waals surface area (Å²) in [5, 5.41) is 2.97. The van der Waals surface area contributed by atoms with Gasteiger partial charge in [0.25, 0.3) is 0 Å². The Kier molecular flexibility index (Phi) is 2.74. The third-order valence-corrected chi connectivity index (χ3v) is 5.10. The van der Waals surface area contributed by atoms with Crippen LogP contribution in [-0.2, 0) is 7.05 Å². The largest absolute Gasteiger partial charge is 0.408 e. The van der Waals surface area contributed by atoms with Crippen LogP contribution in [0.5, 0.6) is 0 Å².